The normalized spacial score (nSPS) is 18.6. The number of fused-ring (bicyclic) bond motifs is 2. The fourth-order valence-corrected chi connectivity index (χ4v) is 5.17. The van der Waals surface area contributed by atoms with Gasteiger partial charge in [0.25, 0.3) is 6.43 Å². The van der Waals surface area contributed by atoms with Gasteiger partial charge < -0.3 is 26.0 Å². The van der Waals surface area contributed by atoms with Gasteiger partial charge in [-0.05, 0) is 24.1 Å². The number of aliphatic hydroxyl groups is 1. The molecule has 202 valence electrons. The Kier molecular flexibility index (Phi) is 5.88. The zero-order valence-corrected chi connectivity index (χ0v) is 20.8. The van der Waals surface area contributed by atoms with Gasteiger partial charge in [0.15, 0.2) is 11.5 Å². The molecule has 0 unspecified atom stereocenters. The van der Waals surface area contributed by atoms with Crippen LogP contribution in [-0.4, -0.2) is 70.5 Å². The summed E-state index contributed by atoms with van der Waals surface area (Å²) in [5.74, 6) is -0.234. The number of alkyl halides is 2. The minimum atomic E-state index is -2.97. The highest BCUT2D eigenvalue weighted by molar-refractivity contribution is 5.85. The van der Waals surface area contributed by atoms with E-state index in [2.05, 4.69) is 25.0 Å². The summed E-state index contributed by atoms with van der Waals surface area (Å²) in [6, 6.07) is 4.83. The zero-order chi connectivity index (χ0) is 27.5. The second-order valence-electron chi connectivity index (χ2n) is 9.84. The predicted octanol–water partition coefficient (Wildman–Crippen LogP) is 2.08. The molecule has 4 aromatic heterocycles. The molecule has 6 rings (SSSR count). The van der Waals surface area contributed by atoms with Crippen LogP contribution in [0.4, 0.5) is 24.7 Å². The third-order valence-corrected chi connectivity index (χ3v) is 7.35. The van der Waals surface area contributed by atoms with E-state index >= 15 is 4.39 Å². The predicted molar refractivity (Wildman–Crippen MR) is 138 cm³/mol. The Labute approximate surface area is 219 Å². The quantitative estimate of drug-likeness (QED) is 0.295. The number of anilines is 2. The Bertz CT molecular complexity index is 1700. The molecule has 5 aromatic rings. The van der Waals surface area contributed by atoms with Crippen molar-refractivity contribution in [2.45, 2.75) is 31.0 Å². The molecule has 39 heavy (non-hydrogen) atoms. The summed E-state index contributed by atoms with van der Waals surface area (Å²) < 4.78 is 45.2. The number of nitrogen functional groups attached to an aromatic ring is 1. The van der Waals surface area contributed by atoms with Gasteiger partial charge in [0.05, 0.1) is 47.7 Å². The van der Waals surface area contributed by atoms with Crippen molar-refractivity contribution in [3.8, 4) is 11.3 Å². The van der Waals surface area contributed by atoms with E-state index < -0.39 is 23.9 Å². The van der Waals surface area contributed by atoms with Crippen molar-refractivity contribution in [2.75, 3.05) is 23.7 Å². The maximum absolute atomic E-state index is 15.2. The Morgan fingerprint density at radius 3 is 2.74 bits per heavy atom. The van der Waals surface area contributed by atoms with E-state index in [0.29, 0.717) is 40.2 Å². The summed E-state index contributed by atoms with van der Waals surface area (Å²) in [6.45, 7) is 0.548. The third kappa shape index (κ3) is 4.21. The summed E-state index contributed by atoms with van der Waals surface area (Å²) in [4.78, 5) is 18.9. The minimum Gasteiger partial charge on any atom is -0.385 e. The van der Waals surface area contributed by atoms with Gasteiger partial charge in [-0.15, -0.1) is 0 Å². The van der Waals surface area contributed by atoms with Crippen molar-refractivity contribution in [3.05, 3.63) is 54.6 Å². The molecule has 2 atom stereocenters. The number of hydrogen-bond acceptors (Lipinski definition) is 9. The monoisotopic (exact) mass is 538 g/mol. The van der Waals surface area contributed by atoms with Crippen LogP contribution in [0.25, 0.3) is 33.3 Å². The van der Waals surface area contributed by atoms with Crippen molar-refractivity contribution >= 4 is 33.6 Å². The lowest BCUT2D eigenvalue weighted by molar-refractivity contribution is -0.0438. The van der Waals surface area contributed by atoms with E-state index in [4.69, 9.17) is 11.5 Å². The number of halogens is 3. The molecule has 1 aromatic carbocycles. The SMILES string of the molecule is Cn1ncc2cc(-c3cc(Cn4cnc5c(N)ncnc54)c(N4CC[C@](N)([C@H](O)C(F)F)C4)cn3)c(F)cc21. The maximum Gasteiger partial charge on any atom is 0.265 e. The minimum absolute atomic E-state index is 0.0116. The van der Waals surface area contributed by atoms with Crippen LogP contribution in [0, 0.1) is 5.82 Å². The molecule has 0 spiro atoms. The van der Waals surface area contributed by atoms with Crippen LogP contribution in [0.15, 0.2) is 43.2 Å². The Hall–Kier alpha value is -4.30. The summed E-state index contributed by atoms with van der Waals surface area (Å²) in [5.41, 5.74) is 14.2. The molecule has 1 fully saturated rings. The van der Waals surface area contributed by atoms with Gasteiger partial charge in [-0.1, -0.05) is 0 Å². The molecule has 1 aliphatic heterocycles. The number of nitrogens with two attached hydrogens (primary N) is 2. The fraction of sp³-hybridized carbons (Fsp3) is 0.320. The van der Waals surface area contributed by atoms with E-state index in [0.717, 1.165) is 5.39 Å². The molecule has 0 saturated carbocycles. The molecule has 11 nitrogen and oxygen atoms in total. The van der Waals surface area contributed by atoms with Crippen LogP contribution in [0.5, 0.6) is 0 Å². The lowest BCUT2D eigenvalue weighted by Crippen LogP contribution is -2.55. The summed E-state index contributed by atoms with van der Waals surface area (Å²) in [7, 11) is 1.73. The van der Waals surface area contributed by atoms with Crippen molar-refractivity contribution in [1.29, 1.82) is 0 Å². The number of hydrogen-bond donors (Lipinski definition) is 3. The van der Waals surface area contributed by atoms with Gasteiger partial charge in [0.2, 0.25) is 0 Å². The molecule has 5 heterocycles. The third-order valence-electron chi connectivity index (χ3n) is 7.35. The number of aromatic nitrogens is 7. The Balaban J connectivity index is 1.44. The standard InChI is InChI=1S/C25H25F3N10O/c1-36-18-6-16(26)15(4-13(18)7-35-36)17-5-14(9-38-12-34-20-23(29)32-11-33-24(20)38)19(8-31-17)37-3-2-25(30,10-37)21(39)22(27)28/h4-8,11-12,21-22,39H,2-3,9-10,30H2,1H3,(H2,29,32,33)/t21-,25-/m1/s1. The molecule has 0 amide bonds. The van der Waals surface area contributed by atoms with Crippen LogP contribution in [0.1, 0.15) is 12.0 Å². The molecule has 1 aliphatic rings. The number of pyridine rings is 1. The summed E-state index contributed by atoms with van der Waals surface area (Å²) in [5, 5.41) is 15.0. The molecule has 0 aliphatic carbocycles. The van der Waals surface area contributed by atoms with Crippen LogP contribution in [0.2, 0.25) is 0 Å². The number of aliphatic hydroxyl groups excluding tert-OH is 1. The van der Waals surface area contributed by atoms with E-state index in [-0.39, 0.29) is 30.9 Å². The van der Waals surface area contributed by atoms with Gasteiger partial charge in [-0.3, -0.25) is 9.67 Å². The van der Waals surface area contributed by atoms with Crippen molar-refractivity contribution in [3.63, 3.8) is 0 Å². The topological polar surface area (TPSA) is 150 Å². The fourth-order valence-electron chi connectivity index (χ4n) is 5.17. The lowest BCUT2D eigenvalue weighted by Gasteiger charge is -2.30. The molecular weight excluding hydrogens is 513 g/mol. The summed E-state index contributed by atoms with van der Waals surface area (Å²) in [6.07, 6.45) is 1.33. The van der Waals surface area contributed by atoms with Gasteiger partial charge >= 0.3 is 0 Å². The van der Waals surface area contributed by atoms with Crippen LogP contribution in [0.3, 0.4) is 0 Å². The second kappa shape index (κ2) is 9.17. The highest BCUT2D eigenvalue weighted by Gasteiger charge is 2.45. The molecule has 1 saturated heterocycles. The van der Waals surface area contributed by atoms with E-state index in [1.807, 2.05) is 0 Å². The molecule has 0 bridgehead atoms. The van der Waals surface area contributed by atoms with Crippen LogP contribution in [-0.2, 0) is 13.6 Å². The van der Waals surface area contributed by atoms with Crippen molar-refractivity contribution in [2.24, 2.45) is 12.8 Å². The highest BCUT2D eigenvalue weighted by atomic mass is 19.3. The molecule has 0 radical (unpaired) electrons. The molecule has 14 heteroatoms. The van der Waals surface area contributed by atoms with E-state index in [1.54, 1.807) is 52.1 Å². The van der Waals surface area contributed by atoms with Gasteiger partial charge in [-0.25, -0.2) is 28.1 Å². The molecular formula is C25H25F3N10O. The van der Waals surface area contributed by atoms with Crippen molar-refractivity contribution in [1.82, 2.24) is 34.3 Å². The first-order valence-electron chi connectivity index (χ1n) is 12.2. The Morgan fingerprint density at radius 2 is 1.95 bits per heavy atom. The first-order chi connectivity index (χ1) is 18.6. The number of imidazole rings is 1. The van der Waals surface area contributed by atoms with Gasteiger partial charge in [0.1, 0.15) is 23.8 Å². The summed E-state index contributed by atoms with van der Waals surface area (Å²) >= 11 is 0. The smallest absolute Gasteiger partial charge is 0.265 e. The Morgan fingerprint density at radius 1 is 1.13 bits per heavy atom. The van der Waals surface area contributed by atoms with Crippen molar-refractivity contribution < 1.29 is 18.3 Å². The maximum atomic E-state index is 15.2. The average molecular weight is 539 g/mol. The number of benzene rings is 1. The number of rotatable bonds is 6. The van der Waals surface area contributed by atoms with Crippen LogP contribution < -0.4 is 16.4 Å². The number of nitrogens with zero attached hydrogens (tertiary/aromatic N) is 8. The molecule has 5 N–H and O–H groups in total. The first kappa shape index (κ1) is 25.0. The van der Waals surface area contributed by atoms with Gasteiger partial charge in [0, 0.05) is 37.2 Å². The van der Waals surface area contributed by atoms with Gasteiger partial charge in [-0.2, -0.15) is 5.10 Å². The first-order valence-corrected chi connectivity index (χ1v) is 12.2. The highest BCUT2D eigenvalue weighted by Crippen LogP contribution is 2.35. The zero-order valence-electron chi connectivity index (χ0n) is 20.8. The second-order valence-corrected chi connectivity index (χ2v) is 9.84. The van der Waals surface area contributed by atoms with E-state index in [1.165, 1.54) is 12.4 Å². The van der Waals surface area contributed by atoms with Crippen LogP contribution >= 0.6 is 0 Å². The lowest BCUT2D eigenvalue weighted by atomic mass is 9.93. The number of aryl methyl sites for hydroxylation is 1. The largest absolute Gasteiger partial charge is 0.385 e. The van der Waals surface area contributed by atoms with E-state index in [9.17, 15) is 13.9 Å². The average Bonchev–Trinajstić information content (AvgIpc) is 3.62.